The fourth-order valence-corrected chi connectivity index (χ4v) is 3.46. The molecule has 5 nitrogen and oxygen atoms in total. The summed E-state index contributed by atoms with van der Waals surface area (Å²) in [5.74, 6) is 1.42. The molecule has 0 saturated carbocycles. The molecule has 136 valence electrons. The van der Waals surface area contributed by atoms with Crippen molar-refractivity contribution in [2.45, 2.75) is 13.8 Å². The number of halogens is 1. The Bertz CT molecular complexity index is 1120. The number of hydrogen-bond donors (Lipinski definition) is 1. The van der Waals surface area contributed by atoms with Gasteiger partial charge in [0.25, 0.3) is 0 Å². The molecule has 27 heavy (non-hydrogen) atoms. The number of benzene rings is 2. The highest BCUT2D eigenvalue weighted by Gasteiger charge is 2.18. The van der Waals surface area contributed by atoms with Crippen LogP contribution >= 0.6 is 11.6 Å². The third-order valence-electron chi connectivity index (χ3n) is 4.72. The topological polar surface area (TPSA) is 52.0 Å². The van der Waals surface area contributed by atoms with Crippen LogP contribution < -0.4 is 10.1 Å². The second-order valence-electron chi connectivity index (χ2n) is 6.27. The molecular weight excluding hydrogens is 360 g/mol. The summed E-state index contributed by atoms with van der Waals surface area (Å²) in [4.78, 5) is 9.04. The zero-order valence-corrected chi connectivity index (χ0v) is 16.1. The van der Waals surface area contributed by atoms with Crippen molar-refractivity contribution in [3.8, 4) is 11.4 Å². The van der Waals surface area contributed by atoms with Crippen LogP contribution in [-0.4, -0.2) is 21.6 Å². The molecule has 0 aliphatic rings. The van der Waals surface area contributed by atoms with E-state index in [1.807, 2.05) is 30.3 Å². The third kappa shape index (κ3) is 3.00. The molecule has 0 aliphatic carbocycles. The number of para-hydroxylation sites is 1. The molecular formula is C21H19ClN4O. The number of rotatable bonds is 4. The average Bonchev–Trinajstić information content (AvgIpc) is 2.94. The van der Waals surface area contributed by atoms with Crippen molar-refractivity contribution < 1.29 is 4.74 Å². The minimum atomic E-state index is 0.623. The Labute approximate surface area is 162 Å². The maximum atomic E-state index is 6.17. The first kappa shape index (κ1) is 17.4. The summed E-state index contributed by atoms with van der Waals surface area (Å²) in [6.45, 7) is 4.18. The molecule has 1 N–H and O–H groups in total. The quantitative estimate of drug-likeness (QED) is 0.513. The number of anilines is 2. The molecule has 0 amide bonds. The van der Waals surface area contributed by atoms with E-state index in [-0.39, 0.29) is 0 Å². The lowest BCUT2D eigenvalue weighted by molar-refractivity contribution is 0.417. The van der Waals surface area contributed by atoms with Crippen molar-refractivity contribution in [3.05, 3.63) is 71.1 Å². The number of aryl methyl sites for hydroxylation is 1. The van der Waals surface area contributed by atoms with Gasteiger partial charge in [0.15, 0.2) is 5.65 Å². The molecule has 2 heterocycles. The summed E-state index contributed by atoms with van der Waals surface area (Å²) >= 11 is 6.17. The summed E-state index contributed by atoms with van der Waals surface area (Å²) in [6, 6.07) is 15.6. The molecule has 4 aromatic rings. The highest BCUT2D eigenvalue weighted by molar-refractivity contribution is 6.31. The molecule has 0 unspecified atom stereocenters. The van der Waals surface area contributed by atoms with Crippen LogP contribution in [0.2, 0.25) is 5.02 Å². The predicted molar refractivity (Wildman–Crippen MR) is 110 cm³/mol. The monoisotopic (exact) mass is 378 g/mol. The van der Waals surface area contributed by atoms with Crippen molar-refractivity contribution in [1.82, 2.24) is 14.5 Å². The minimum absolute atomic E-state index is 0.623. The molecule has 0 atom stereocenters. The van der Waals surface area contributed by atoms with Crippen LogP contribution in [0.5, 0.6) is 5.75 Å². The van der Waals surface area contributed by atoms with Crippen LogP contribution in [0.25, 0.3) is 16.7 Å². The average molecular weight is 379 g/mol. The smallest absolute Gasteiger partial charge is 0.150 e. The van der Waals surface area contributed by atoms with E-state index in [4.69, 9.17) is 16.3 Å². The maximum absolute atomic E-state index is 6.17. The first-order valence-electron chi connectivity index (χ1n) is 8.58. The minimum Gasteiger partial charge on any atom is -0.495 e. The van der Waals surface area contributed by atoms with Crippen molar-refractivity contribution in [2.75, 3.05) is 12.4 Å². The Balaban J connectivity index is 1.91. The second-order valence-corrected chi connectivity index (χ2v) is 6.71. The van der Waals surface area contributed by atoms with Gasteiger partial charge in [-0.1, -0.05) is 29.8 Å². The van der Waals surface area contributed by atoms with Gasteiger partial charge in [-0.3, -0.25) is 4.57 Å². The number of nitrogens with zero attached hydrogens (tertiary/aromatic N) is 3. The molecule has 2 aromatic carbocycles. The number of methoxy groups -OCH3 is 1. The van der Waals surface area contributed by atoms with Gasteiger partial charge in [-0.2, -0.15) is 0 Å². The molecule has 2 aromatic heterocycles. The number of fused-ring (bicyclic) bond motifs is 1. The first-order chi connectivity index (χ1) is 13.1. The van der Waals surface area contributed by atoms with Gasteiger partial charge in [-0.05, 0) is 49.7 Å². The largest absolute Gasteiger partial charge is 0.495 e. The number of aromatic nitrogens is 3. The fourth-order valence-electron chi connectivity index (χ4n) is 3.29. The van der Waals surface area contributed by atoms with Crippen LogP contribution in [-0.2, 0) is 0 Å². The molecule has 6 heteroatoms. The highest BCUT2D eigenvalue weighted by atomic mass is 35.5. The number of hydrogen-bond acceptors (Lipinski definition) is 4. The van der Waals surface area contributed by atoms with E-state index in [0.29, 0.717) is 10.8 Å². The lowest BCUT2D eigenvalue weighted by Crippen LogP contribution is -2.00. The summed E-state index contributed by atoms with van der Waals surface area (Å²) in [7, 11) is 1.63. The molecule has 0 saturated heterocycles. The number of ether oxygens (including phenoxy) is 1. The lowest BCUT2D eigenvalue weighted by atomic mass is 10.2. The zero-order valence-electron chi connectivity index (χ0n) is 15.3. The lowest BCUT2D eigenvalue weighted by Gasteiger charge is -2.12. The van der Waals surface area contributed by atoms with Crippen LogP contribution in [0.15, 0.2) is 54.9 Å². The van der Waals surface area contributed by atoms with Crippen molar-refractivity contribution in [3.63, 3.8) is 0 Å². The van der Waals surface area contributed by atoms with Crippen LogP contribution in [0.3, 0.4) is 0 Å². The van der Waals surface area contributed by atoms with Gasteiger partial charge >= 0.3 is 0 Å². The van der Waals surface area contributed by atoms with Gasteiger partial charge in [0.2, 0.25) is 0 Å². The SMILES string of the molecule is COc1ccc(Cl)cc1Nc1ncnc2c1c(C)c(C)n2-c1ccccc1. The Hall–Kier alpha value is -3.05. The van der Waals surface area contributed by atoms with E-state index < -0.39 is 0 Å². The van der Waals surface area contributed by atoms with E-state index in [2.05, 4.69) is 45.8 Å². The zero-order chi connectivity index (χ0) is 19.0. The first-order valence-corrected chi connectivity index (χ1v) is 8.96. The fraction of sp³-hybridized carbons (Fsp3) is 0.143. The van der Waals surface area contributed by atoms with Crippen molar-refractivity contribution in [1.29, 1.82) is 0 Å². The Morgan fingerprint density at radius 3 is 2.56 bits per heavy atom. The van der Waals surface area contributed by atoms with Crippen LogP contribution in [0.4, 0.5) is 11.5 Å². The van der Waals surface area contributed by atoms with Gasteiger partial charge in [0, 0.05) is 16.4 Å². The van der Waals surface area contributed by atoms with Crippen molar-refractivity contribution in [2.24, 2.45) is 0 Å². The summed E-state index contributed by atoms with van der Waals surface area (Å²) in [5, 5.41) is 4.96. The van der Waals surface area contributed by atoms with E-state index in [0.717, 1.165) is 39.5 Å². The van der Waals surface area contributed by atoms with Gasteiger partial charge in [0.05, 0.1) is 18.2 Å². The third-order valence-corrected chi connectivity index (χ3v) is 4.96. The molecule has 0 fully saturated rings. The molecule has 0 spiro atoms. The van der Waals surface area contributed by atoms with Gasteiger partial charge in [0.1, 0.15) is 17.9 Å². The molecule has 0 bridgehead atoms. The molecule has 0 radical (unpaired) electrons. The van der Waals surface area contributed by atoms with Gasteiger partial charge in [-0.25, -0.2) is 9.97 Å². The van der Waals surface area contributed by atoms with Crippen LogP contribution in [0, 0.1) is 13.8 Å². The van der Waals surface area contributed by atoms with Gasteiger partial charge in [-0.15, -0.1) is 0 Å². The van der Waals surface area contributed by atoms with Crippen molar-refractivity contribution >= 4 is 34.1 Å². The number of nitrogens with one attached hydrogen (secondary N) is 1. The normalized spacial score (nSPS) is 11.0. The van der Waals surface area contributed by atoms with E-state index in [1.54, 1.807) is 19.5 Å². The van der Waals surface area contributed by atoms with E-state index in [9.17, 15) is 0 Å². The van der Waals surface area contributed by atoms with Crippen LogP contribution in [0.1, 0.15) is 11.3 Å². The Morgan fingerprint density at radius 2 is 1.81 bits per heavy atom. The maximum Gasteiger partial charge on any atom is 0.150 e. The summed E-state index contributed by atoms with van der Waals surface area (Å²) in [6.07, 6.45) is 1.57. The molecule has 4 rings (SSSR count). The Morgan fingerprint density at radius 1 is 1.04 bits per heavy atom. The summed E-state index contributed by atoms with van der Waals surface area (Å²) < 4.78 is 7.59. The standard InChI is InChI=1S/C21H19ClN4O/c1-13-14(2)26(16-7-5-4-6-8-16)21-19(13)20(23-12-24-21)25-17-11-15(22)9-10-18(17)27-3/h4-12H,1-3H3,(H,23,24,25). The van der Waals surface area contributed by atoms with E-state index >= 15 is 0 Å². The summed E-state index contributed by atoms with van der Waals surface area (Å²) in [5.41, 5.74) is 4.93. The second kappa shape index (κ2) is 6.93. The predicted octanol–water partition coefficient (Wildman–Crippen LogP) is 5.44. The Kier molecular flexibility index (Phi) is 4.46. The van der Waals surface area contributed by atoms with E-state index in [1.165, 1.54) is 0 Å². The molecule has 0 aliphatic heterocycles. The van der Waals surface area contributed by atoms with Gasteiger partial charge < -0.3 is 10.1 Å². The highest BCUT2D eigenvalue weighted by Crippen LogP contribution is 2.35.